The Morgan fingerprint density at radius 3 is 2.67 bits per heavy atom. The van der Waals surface area contributed by atoms with Crippen LogP contribution in [0.4, 0.5) is 0 Å². The van der Waals surface area contributed by atoms with Crippen molar-refractivity contribution in [1.82, 2.24) is 4.31 Å². The van der Waals surface area contributed by atoms with Crippen LogP contribution in [0.3, 0.4) is 0 Å². The second kappa shape index (κ2) is 5.94. The van der Waals surface area contributed by atoms with Crippen molar-refractivity contribution in [2.45, 2.75) is 4.90 Å². The lowest BCUT2D eigenvalue weighted by molar-refractivity contribution is 0.266. The first-order valence-electron chi connectivity index (χ1n) is 4.97. The first-order chi connectivity index (χ1) is 8.30. The van der Waals surface area contributed by atoms with Crippen molar-refractivity contribution in [3.63, 3.8) is 0 Å². The van der Waals surface area contributed by atoms with E-state index in [0.717, 1.165) is 4.31 Å². The molecule has 0 atom stereocenters. The summed E-state index contributed by atoms with van der Waals surface area (Å²) in [4.78, 5) is 0.0124. The minimum Gasteiger partial charge on any atom is -0.395 e. The molecule has 5 nitrogen and oxygen atoms in total. The van der Waals surface area contributed by atoms with E-state index in [2.05, 4.69) is 0 Å². The van der Waals surface area contributed by atoms with Gasteiger partial charge in [0, 0.05) is 19.2 Å². The summed E-state index contributed by atoms with van der Waals surface area (Å²) in [5, 5.41) is 8.86. The third-order valence-corrected chi connectivity index (χ3v) is 4.89. The van der Waals surface area contributed by atoms with Crippen molar-refractivity contribution in [3.05, 3.63) is 28.8 Å². The van der Waals surface area contributed by atoms with Gasteiger partial charge in [0.2, 0.25) is 10.0 Å². The molecule has 100 valence electrons. The monoisotopic (exact) mass is 308 g/mol. The van der Waals surface area contributed by atoms with Gasteiger partial charge in [-0.2, -0.15) is 4.31 Å². The van der Waals surface area contributed by atoms with E-state index in [1.807, 2.05) is 0 Å². The normalized spacial score (nSPS) is 11.8. The Kier molecular flexibility index (Phi) is 5.06. The second-order valence-electron chi connectivity index (χ2n) is 3.56. The minimum absolute atomic E-state index is 0.0179. The van der Waals surface area contributed by atoms with Gasteiger partial charge in [-0.1, -0.05) is 29.9 Å². The molecule has 0 unspecified atom stereocenters. The molecule has 0 amide bonds. The highest BCUT2D eigenvalue weighted by Crippen LogP contribution is 2.25. The molecule has 0 aliphatic rings. The van der Waals surface area contributed by atoms with Crippen molar-refractivity contribution < 1.29 is 13.5 Å². The van der Waals surface area contributed by atoms with Crippen molar-refractivity contribution >= 4 is 38.8 Å². The minimum atomic E-state index is -3.76. The molecule has 3 N–H and O–H groups in total. The SMILES string of the molecule is CN(CCO)S(=O)(=O)c1cc(C(N)=S)ccc1Cl. The van der Waals surface area contributed by atoms with Crippen LogP contribution in [0.1, 0.15) is 5.56 Å². The zero-order valence-corrected chi connectivity index (χ0v) is 12.0. The number of hydrogen-bond acceptors (Lipinski definition) is 4. The highest BCUT2D eigenvalue weighted by Gasteiger charge is 2.23. The maximum atomic E-state index is 12.2. The van der Waals surface area contributed by atoms with E-state index in [4.69, 9.17) is 34.7 Å². The molecule has 0 aromatic heterocycles. The quantitative estimate of drug-likeness (QED) is 0.778. The van der Waals surface area contributed by atoms with Crippen molar-refractivity contribution in [1.29, 1.82) is 0 Å². The van der Waals surface area contributed by atoms with Gasteiger partial charge in [-0.25, -0.2) is 8.42 Å². The second-order valence-corrected chi connectivity index (χ2v) is 6.42. The van der Waals surface area contributed by atoms with Crippen LogP contribution in [-0.4, -0.2) is 43.0 Å². The van der Waals surface area contributed by atoms with Gasteiger partial charge < -0.3 is 10.8 Å². The number of sulfonamides is 1. The Hall–Kier alpha value is -0.730. The molecule has 0 saturated carbocycles. The average Bonchev–Trinajstić information content (AvgIpc) is 2.29. The summed E-state index contributed by atoms with van der Waals surface area (Å²) in [6.07, 6.45) is 0. The van der Waals surface area contributed by atoms with Gasteiger partial charge in [-0.3, -0.25) is 0 Å². The van der Waals surface area contributed by atoms with Crippen LogP contribution in [0, 0.1) is 0 Å². The first-order valence-corrected chi connectivity index (χ1v) is 7.20. The lowest BCUT2D eigenvalue weighted by atomic mass is 10.2. The van der Waals surface area contributed by atoms with Crippen molar-refractivity contribution in [2.75, 3.05) is 20.2 Å². The van der Waals surface area contributed by atoms with Crippen LogP contribution in [0.15, 0.2) is 23.1 Å². The highest BCUT2D eigenvalue weighted by atomic mass is 35.5. The maximum Gasteiger partial charge on any atom is 0.244 e. The number of benzene rings is 1. The van der Waals surface area contributed by atoms with Gasteiger partial charge in [0.05, 0.1) is 11.6 Å². The summed E-state index contributed by atoms with van der Waals surface area (Å²) in [6.45, 7) is -0.293. The number of nitrogens with two attached hydrogens (primary N) is 1. The number of aliphatic hydroxyl groups is 1. The molecular weight excluding hydrogens is 296 g/mol. The van der Waals surface area contributed by atoms with Crippen LogP contribution in [-0.2, 0) is 10.0 Å². The summed E-state index contributed by atoms with van der Waals surface area (Å²) in [5.41, 5.74) is 5.87. The summed E-state index contributed by atoms with van der Waals surface area (Å²) in [5.74, 6) is 0. The van der Waals surface area contributed by atoms with E-state index in [-0.39, 0.29) is 28.1 Å². The van der Waals surface area contributed by atoms with E-state index in [1.165, 1.54) is 19.2 Å². The molecule has 0 fully saturated rings. The molecule has 18 heavy (non-hydrogen) atoms. The molecular formula is C10H13ClN2O3S2. The van der Waals surface area contributed by atoms with E-state index >= 15 is 0 Å². The summed E-state index contributed by atoms with van der Waals surface area (Å²) >= 11 is 10.7. The lowest BCUT2D eigenvalue weighted by Crippen LogP contribution is -2.30. The maximum absolute atomic E-state index is 12.2. The van der Waals surface area contributed by atoms with E-state index in [0.29, 0.717) is 5.56 Å². The van der Waals surface area contributed by atoms with Crippen LogP contribution >= 0.6 is 23.8 Å². The van der Waals surface area contributed by atoms with Crippen LogP contribution in [0.25, 0.3) is 0 Å². The zero-order chi connectivity index (χ0) is 13.9. The predicted octanol–water partition coefficient (Wildman–Crippen LogP) is 0.587. The van der Waals surface area contributed by atoms with Crippen LogP contribution in [0.5, 0.6) is 0 Å². The average molecular weight is 309 g/mol. The molecule has 0 aliphatic heterocycles. The van der Waals surface area contributed by atoms with Gasteiger partial charge in [-0.05, 0) is 12.1 Å². The molecule has 0 spiro atoms. The standard InChI is InChI=1S/C10H13ClN2O3S2/c1-13(4-5-14)18(15,16)9-6-7(10(12)17)2-3-8(9)11/h2-3,6,14H,4-5H2,1H3,(H2,12,17). The van der Waals surface area contributed by atoms with E-state index in [1.54, 1.807) is 6.07 Å². The number of nitrogens with zero attached hydrogens (tertiary/aromatic N) is 1. The number of halogens is 1. The largest absolute Gasteiger partial charge is 0.395 e. The fourth-order valence-corrected chi connectivity index (χ4v) is 3.07. The summed E-state index contributed by atoms with van der Waals surface area (Å²) < 4.78 is 25.3. The number of hydrogen-bond donors (Lipinski definition) is 2. The molecule has 0 saturated heterocycles. The number of likely N-dealkylation sites (N-methyl/N-ethyl adjacent to an activating group) is 1. The molecule has 1 aromatic rings. The number of rotatable bonds is 5. The van der Waals surface area contributed by atoms with Gasteiger partial charge in [-0.15, -0.1) is 0 Å². The topological polar surface area (TPSA) is 83.6 Å². The molecule has 0 aliphatic carbocycles. The molecule has 8 heteroatoms. The van der Waals surface area contributed by atoms with Gasteiger partial charge in [0.15, 0.2) is 0 Å². The molecule has 0 bridgehead atoms. The van der Waals surface area contributed by atoms with Crippen molar-refractivity contribution in [2.24, 2.45) is 5.73 Å². The number of thiocarbonyl (C=S) groups is 1. The molecule has 0 radical (unpaired) electrons. The Morgan fingerprint density at radius 1 is 1.56 bits per heavy atom. The summed E-state index contributed by atoms with van der Waals surface area (Å²) in [6, 6.07) is 4.30. The van der Waals surface area contributed by atoms with Gasteiger partial charge in [0.1, 0.15) is 9.88 Å². The summed E-state index contributed by atoms with van der Waals surface area (Å²) in [7, 11) is -2.41. The Labute approximate surface area is 116 Å². The van der Waals surface area contributed by atoms with Crippen LogP contribution < -0.4 is 5.73 Å². The third kappa shape index (κ3) is 3.18. The number of aliphatic hydroxyl groups excluding tert-OH is 1. The van der Waals surface area contributed by atoms with Crippen molar-refractivity contribution in [3.8, 4) is 0 Å². The van der Waals surface area contributed by atoms with Crippen LogP contribution in [0.2, 0.25) is 5.02 Å². The Balaban J connectivity index is 3.31. The first kappa shape index (κ1) is 15.3. The Bertz CT molecular complexity index is 560. The lowest BCUT2D eigenvalue weighted by Gasteiger charge is -2.17. The fourth-order valence-electron chi connectivity index (χ4n) is 1.28. The van der Waals surface area contributed by atoms with E-state index in [9.17, 15) is 8.42 Å². The third-order valence-electron chi connectivity index (χ3n) is 2.32. The van der Waals surface area contributed by atoms with Gasteiger partial charge >= 0.3 is 0 Å². The van der Waals surface area contributed by atoms with E-state index < -0.39 is 10.0 Å². The van der Waals surface area contributed by atoms with Gasteiger partial charge in [0.25, 0.3) is 0 Å². The Morgan fingerprint density at radius 2 is 2.17 bits per heavy atom. The molecule has 0 heterocycles. The molecule has 1 aromatic carbocycles. The molecule has 1 rings (SSSR count). The fraction of sp³-hybridized carbons (Fsp3) is 0.300. The predicted molar refractivity (Wildman–Crippen MR) is 74.2 cm³/mol. The highest BCUT2D eigenvalue weighted by molar-refractivity contribution is 7.89. The zero-order valence-electron chi connectivity index (χ0n) is 9.63. The smallest absolute Gasteiger partial charge is 0.244 e.